The molecule has 0 bridgehead atoms. The van der Waals surface area contributed by atoms with Crippen molar-refractivity contribution in [2.45, 2.75) is 19.9 Å². The third-order valence-electron chi connectivity index (χ3n) is 3.89. The Bertz CT molecular complexity index is 931. The van der Waals surface area contributed by atoms with Crippen LogP contribution in [0.4, 0.5) is 23.0 Å². The number of nitro groups is 1. The average Bonchev–Trinajstić information content (AvgIpc) is 3.14. The second-order valence-corrected chi connectivity index (χ2v) is 6.28. The second-order valence-electron chi connectivity index (χ2n) is 5.84. The van der Waals surface area contributed by atoms with Gasteiger partial charge in [-0.15, -0.1) is 0 Å². The summed E-state index contributed by atoms with van der Waals surface area (Å²) in [5, 5.41) is 18.2. The smallest absolute Gasteiger partial charge is 0.353 e. The van der Waals surface area contributed by atoms with E-state index in [0.717, 1.165) is 18.5 Å². The van der Waals surface area contributed by atoms with Crippen molar-refractivity contribution in [2.24, 2.45) is 0 Å². The van der Waals surface area contributed by atoms with Gasteiger partial charge in [-0.05, 0) is 37.1 Å². The zero-order valence-electron chi connectivity index (χ0n) is 14.6. The molecule has 0 aliphatic heterocycles. The van der Waals surface area contributed by atoms with Crippen LogP contribution < -0.4 is 10.6 Å². The van der Waals surface area contributed by atoms with Gasteiger partial charge in [-0.25, -0.2) is 15.0 Å². The molecule has 140 valence electrons. The number of benzene rings is 1. The third-order valence-corrected chi connectivity index (χ3v) is 4.13. The highest BCUT2D eigenvalue weighted by Gasteiger charge is 2.23. The molecular formula is C17H18ClN7O2. The van der Waals surface area contributed by atoms with Crippen LogP contribution in [0.2, 0.25) is 5.02 Å². The SMILES string of the molecule is Cc1cc(Cl)ccc1Nc1ncnc(NCCCn2ccnc2)c1[N+](=O)[O-]. The van der Waals surface area contributed by atoms with Gasteiger partial charge in [0.05, 0.1) is 11.3 Å². The standard InChI is InChI=1S/C17H18ClN7O2/c1-12-9-13(18)3-4-14(12)23-17-15(25(26)27)16(21-10-22-17)20-5-2-7-24-8-6-19-11-24/h3-4,6,8-11H,2,5,7H2,1H3,(H2,20,21,22,23). The Morgan fingerprint density at radius 1 is 1.30 bits per heavy atom. The predicted octanol–water partition coefficient (Wildman–Crippen LogP) is 3.79. The van der Waals surface area contributed by atoms with Gasteiger partial charge in [0.25, 0.3) is 0 Å². The Kier molecular flexibility index (Phi) is 5.82. The van der Waals surface area contributed by atoms with Gasteiger partial charge in [-0.3, -0.25) is 10.1 Å². The second kappa shape index (κ2) is 8.45. The number of aryl methyl sites for hydroxylation is 2. The van der Waals surface area contributed by atoms with Crippen molar-refractivity contribution in [1.82, 2.24) is 19.5 Å². The number of nitrogens with zero attached hydrogens (tertiary/aromatic N) is 5. The van der Waals surface area contributed by atoms with Crippen LogP contribution in [0, 0.1) is 17.0 Å². The van der Waals surface area contributed by atoms with E-state index in [1.807, 2.05) is 17.7 Å². The number of hydrogen-bond donors (Lipinski definition) is 2. The van der Waals surface area contributed by atoms with Crippen molar-refractivity contribution in [1.29, 1.82) is 0 Å². The van der Waals surface area contributed by atoms with Crippen LogP contribution in [0.25, 0.3) is 0 Å². The van der Waals surface area contributed by atoms with Gasteiger partial charge in [-0.1, -0.05) is 11.6 Å². The van der Waals surface area contributed by atoms with Crippen molar-refractivity contribution >= 4 is 34.6 Å². The van der Waals surface area contributed by atoms with E-state index in [-0.39, 0.29) is 17.3 Å². The van der Waals surface area contributed by atoms with Crippen LogP contribution in [-0.4, -0.2) is 31.0 Å². The van der Waals surface area contributed by atoms with Gasteiger partial charge in [0.1, 0.15) is 6.33 Å². The number of halogens is 1. The molecule has 9 nitrogen and oxygen atoms in total. The number of imidazole rings is 1. The molecule has 27 heavy (non-hydrogen) atoms. The molecule has 0 saturated carbocycles. The lowest BCUT2D eigenvalue weighted by Crippen LogP contribution is -2.11. The molecule has 0 fully saturated rings. The lowest BCUT2D eigenvalue weighted by atomic mass is 10.2. The zero-order chi connectivity index (χ0) is 19.2. The summed E-state index contributed by atoms with van der Waals surface area (Å²) >= 11 is 5.96. The molecule has 1 aromatic carbocycles. The molecular weight excluding hydrogens is 370 g/mol. The molecule has 0 spiro atoms. The first-order valence-electron chi connectivity index (χ1n) is 8.27. The maximum atomic E-state index is 11.6. The molecule has 2 aromatic heterocycles. The molecule has 0 unspecified atom stereocenters. The Hall–Kier alpha value is -3.20. The van der Waals surface area contributed by atoms with Crippen molar-refractivity contribution in [2.75, 3.05) is 17.2 Å². The van der Waals surface area contributed by atoms with Crippen molar-refractivity contribution in [3.8, 4) is 0 Å². The molecule has 3 rings (SSSR count). The topological polar surface area (TPSA) is 111 Å². The molecule has 10 heteroatoms. The van der Waals surface area contributed by atoms with Crippen LogP contribution >= 0.6 is 11.6 Å². The fraction of sp³-hybridized carbons (Fsp3) is 0.235. The van der Waals surface area contributed by atoms with E-state index in [4.69, 9.17) is 11.6 Å². The summed E-state index contributed by atoms with van der Waals surface area (Å²) < 4.78 is 1.94. The van der Waals surface area contributed by atoms with Crippen LogP contribution in [0.3, 0.4) is 0 Å². The Morgan fingerprint density at radius 2 is 2.11 bits per heavy atom. The van der Waals surface area contributed by atoms with E-state index in [0.29, 0.717) is 17.3 Å². The quantitative estimate of drug-likeness (QED) is 0.343. The third kappa shape index (κ3) is 4.70. The molecule has 0 amide bonds. The molecule has 0 saturated heterocycles. The summed E-state index contributed by atoms with van der Waals surface area (Å²) in [4.78, 5) is 23.2. The minimum absolute atomic E-state index is 0.123. The van der Waals surface area contributed by atoms with Gasteiger partial charge in [-0.2, -0.15) is 0 Å². The number of nitrogens with one attached hydrogen (secondary N) is 2. The molecule has 2 N–H and O–H groups in total. The van der Waals surface area contributed by atoms with E-state index < -0.39 is 4.92 Å². The van der Waals surface area contributed by atoms with Gasteiger partial charge in [0.2, 0.25) is 11.6 Å². The minimum Gasteiger partial charge on any atom is -0.364 e. The normalized spacial score (nSPS) is 10.6. The molecule has 0 atom stereocenters. The Labute approximate surface area is 160 Å². The summed E-state index contributed by atoms with van der Waals surface area (Å²) in [6, 6.07) is 5.23. The summed E-state index contributed by atoms with van der Waals surface area (Å²) in [6.45, 7) is 3.13. The van der Waals surface area contributed by atoms with E-state index in [1.165, 1.54) is 6.33 Å². The highest BCUT2D eigenvalue weighted by atomic mass is 35.5. The highest BCUT2D eigenvalue weighted by molar-refractivity contribution is 6.30. The van der Waals surface area contributed by atoms with Crippen molar-refractivity contribution in [3.63, 3.8) is 0 Å². The van der Waals surface area contributed by atoms with E-state index in [1.54, 1.807) is 30.7 Å². The molecule has 3 aromatic rings. The molecule has 2 heterocycles. The van der Waals surface area contributed by atoms with E-state index in [9.17, 15) is 10.1 Å². The summed E-state index contributed by atoms with van der Waals surface area (Å²) in [5.74, 6) is 0.298. The largest absolute Gasteiger partial charge is 0.364 e. The number of anilines is 3. The average molecular weight is 388 g/mol. The molecule has 0 radical (unpaired) electrons. The predicted molar refractivity (Wildman–Crippen MR) is 103 cm³/mol. The van der Waals surface area contributed by atoms with E-state index >= 15 is 0 Å². The first kappa shape index (κ1) is 18.6. The lowest BCUT2D eigenvalue weighted by Gasteiger charge is -2.12. The lowest BCUT2D eigenvalue weighted by molar-refractivity contribution is -0.383. The summed E-state index contributed by atoms with van der Waals surface area (Å²) in [5.41, 5.74) is 1.34. The number of hydrogen-bond acceptors (Lipinski definition) is 7. The monoisotopic (exact) mass is 387 g/mol. The van der Waals surface area contributed by atoms with Gasteiger partial charge in [0.15, 0.2) is 0 Å². The van der Waals surface area contributed by atoms with Gasteiger partial charge < -0.3 is 15.2 Å². The fourth-order valence-electron chi connectivity index (χ4n) is 2.55. The van der Waals surface area contributed by atoms with Crippen molar-refractivity contribution in [3.05, 3.63) is 63.9 Å². The van der Waals surface area contributed by atoms with Crippen LogP contribution in [0.5, 0.6) is 0 Å². The van der Waals surface area contributed by atoms with Gasteiger partial charge >= 0.3 is 5.69 Å². The van der Waals surface area contributed by atoms with Crippen LogP contribution in [0.1, 0.15) is 12.0 Å². The first-order valence-corrected chi connectivity index (χ1v) is 8.64. The van der Waals surface area contributed by atoms with Crippen LogP contribution in [-0.2, 0) is 6.54 Å². The Morgan fingerprint density at radius 3 is 2.81 bits per heavy atom. The number of aromatic nitrogens is 4. The van der Waals surface area contributed by atoms with Gasteiger partial charge in [0, 0.05) is 36.2 Å². The zero-order valence-corrected chi connectivity index (χ0v) is 15.3. The minimum atomic E-state index is -0.494. The van der Waals surface area contributed by atoms with Crippen LogP contribution in [0.15, 0.2) is 43.2 Å². The Balaban J connectivity index is 1.74. The number of rotatable bonds is 8. The summed E-state index contributed by atoms with van der Waals surface area (Å²) in [6.07, 6.45) is 7.35. The maximum absolute atomic E-state index is 11.6. The molecule has 0 aliphatic rings. The fourth-order valence-corrected chi connectivity index (χ4v) is 2.78. The summed E-state index contributed by atoms with van der Waals surface area (Å²) in [7, 11) is 0. The van der Waals surface area contributed by atoms with Crippen molar-refractivity contribution < 1.29 is 4.92 Å². The highest BCUT2D eigenvalue weighted by Crippen LogP contribution is 2.32. The molecule has 0 aliphatic carbocycles. The maximum Gasteiger partial charge on any atom is 0.353 e. The van der Waals surface area contributed by atoms with E-state index in [2.05, 4.69) is 25.6 Å². The first-order chi connectivity index (χ1) is 13.0.